The Morgan fingerprint density at radius 3 is 2.23 bits per heavy atom. The standard InChI is InChI=1S/C23H36N2O/c1-23(2)11-7-19(8-12-23)21-5-3-4-6-22(21)25-15-13-24(14-16-25)20-9-17-26-18-10-20/h3-6,19-20H,7-18H2,1-2H3. The normalized spacial score (nSPS) is 26.2. The van der Waals surface area contributed by atoms with Crippen molar-refractivity contribution in [2.24, 2.45) is 5.41 Å². The molecule has 0 radical (unpaired) electrons. The van der Waals surface area contributed by atoms with Gasteiger partial charge in [-0.1, -0.05) is 32.0 Å². The minimum Gasteiger partial charge on any atom is -0.381 e. The average molecular weight is 357 g/mol. The minimum absolute atomic E-state index is 0.542. The van der Waals surface area contributed by atoms with Crippen LogP contribution in [0.1, 0.15) is 63.9 Å². The van der Waals surface area contributed by atoms with Crippen LogP contribution in [0.15, 0.2) is 24.3 Å². The molecular formula is C23H36N2O. The summed E-state index contributed by atoms with van der Waals surface area (Å²) in [5.41, 5.74) is 3.67. The van der Waals surface area contributed by atoms with Crippen LogP contribution in [0.4, 0.5) is 5.69 Å². The van der Waals surface area contributed by atoms with Gasteiger partial charge in [-0.2, -0.15) is 0 Å². The van der Waals surface area contributed by atoms with Crippen LogP contribution in [-0.4, -0.2) is 50.3 Å². The van der Waals surface area contributed by atoms with Gasteiger partial charge in [0.1, 0.15) is 0 Å². The zero-order valence-corrected chi connectivity index (χ0v) is 16.8. The summed E-state index contributed by atoms with van der Waals surface area (Å²) < 4.78 is 5.54. The molecule has 0 spiro atoms. The maximum Gasteiger partial charge on any atom is 0.0480 e. The summed E-state index contributed by atoms with van der Waals surface area (Å²) in [5, 5.41) is 0. The van der Waals surface area contributed by atoms with Gasteiger partial charge in [0.05, 0.1) is 0 Å². The van der Waals surface area contributed by atoms with E-state index in [0.29, 0.717) is 5.41 Å². The number of piperazine rings is 1. The highest BCUT2D eigenvalue weighted by Gasteiger charge is 2.31. The third kappa shape index (κ3) is 4.09. The predicted octanol–water partition coefficient (Wildman–Crippen LogP) is 4.67. The molecule has 0 aromatic heterocycles. The van der Waals surface area contributed by atoms with Crippen LogP contribution >= 0.6 is 0 Å². The van der Waals surface area contributed by atoms with Crippen molar-refractivity contribution >= 4 is 5.69 Å². The molecule has 0 bridgehead atoms. The SMILES string of the molecule is CC1(C)CCC(c2ccccc2N2CCN(C3CCOCC3)CC2)CC1. The molecule has 0 N–H and O–H groups in total. The third-order valence-corrected chi connectivity index (χ3v) is 7.08. The van der Waals surface area contributed by atoms with Crippen LogP contribution in [0.2, 0.25) is 0 Å². The number of para-hydroxylation sites is 1. The molecule has 2 saturated heterocycles. The van der Waals surface area contributed by atoms with Crippen molar-refractivity contribution in [2.75, 3.05) is 44.3 Å². The average Bonchev–Trinajstić information content (AvgIpc) is 2.69. The molecule has 2 aliphatic heterocycles. The molecule has 3 nitrogen and oxygen atoms in total. The van der Waals surface area contributed by atoms with E-state index < -0.39 is 0 Å². The quantitative estimate of drug-likeness (QED) is 0.782. The van der Waals surface area contributed by atoms with Gasteiger partial charge < -0.3 is 9.64 Å². The molecular weight excluding hydrogens is 320 g/mol. The topological polar surface area (TPSA) is 15.7 Å². The third-order valence-electron chi connectivity index (χ3n) is 7.08. The lowest BCUT2D eigenvalue weighted by molar-refractivity contribution is 0.0321. The number of hydrogen-bond donors (Lipinski definition) is 0. The van der Waals surface area contributed by atoms with Crippen molar-refractivity contribution in [3.8, 4) is 0 Å². The van der Waals surface area contributed by atoms with Gasteiger partial charge in [-0.15, -0.1) is 0 Å². The molecule has 0 unspecified atom stereocenters. The summed E-state index contributed by atoms with van der Waals surface area (Å²) in [5.74, 6) is 0.757. The van der Waals surface area contributed by atoms with E-state index in [1.54, 1.807) is 5.56 Å². The number of rotatable bonds is 3. The second-order valence-electron chi connectivity index (χ2n) is 9.36. The molecule has 1 aromatic carbocycles. The molecule has 2 heterocycles. The van der Waals surface area contributed by atoms with Gasteiger partial charge in [-0.3, -0.25) is 4.90 Å². The fourth-order valence-corrected chi connectivity index (χ4v) is 5.21. The number of hydrogen-bond acceptors (Lipinski definition) is 3. The summed E-state index contributed by atoms with van der Waals surface area (Å²) in [6.07, 6.45) is 7.87. The number of benzene rings is 1. The smallest absolute Gasteiger partial charge is 0.0480 e. The van der Waals surface area contributed by atoms with Gasteiger partial charge in [0.15, 0.2) is 0 Å². The van der Waals surface area contributed by atoms with E-state index in [1.165, 1.54) is 70.4 Å². The number of ether oxygens (including phenoxy) is 1. The van der Waals surface area contributed by atoms with E-state index in [9.17, 15) is 0 Å². The monoisotopic (exact) mass is 356 g/mol. The van der Waals surface area contributed by atoms with Crippen molar-refractivity contribution in [1.29, 1.82) is 0 Å². The minimum atomic E-state index is 0.542. The van der Waals surface area contributed by atoms with E-state index in [1.807, 2.05) is 0 Å². The lowest BCUT2D eigenvalue weighted by Crippen LogP contribution is -2.51. The first-order valence-corrected chi connectivity index (χ1v) is 10.8. The van der Waals surface area contributed by atoms with E-state index in [-0.39, 0.29) is 0 Å². The van der Waals surface area contributed by atoms with Crippen molar-refractivity contribution in [3.63, 3.8) is 0 Å². The highest BCUT2D eigenvalue weighted by Crippen LogP contribution is 2.44. The second-order valence-corrected chi connectivity index (χ2v) is 9.36. The van der Waals surface area contributed by atoms with Gasteiger partial charge in [0.2, 0.25) is 0 Å². The molecule has 1 saturated carbocycles. The summed E-state index contributed by atoms with van der Waals surface area (Å²) >= 11 is 0. The molecule has 1 aliphatic carbocycles. The van der Waals surface area contributed by atoms with Gasteiger partial charge in [-0.25, -0.2) is 0 Å². The Morgan fingerprint density at radius 1 is 0.885 bits per heavy atom. The van der Waals surface area contributed by atoms with E-state index >= 15 is 0 Å². The largest absolute Gasteiger partial charge is 0.381 e. The van der Waals surface area contributed by atoms with Gasteiger partial charge >= 0.3 is 0 Å². The van der Waals surface area contributed by atoms with E-state index in [2.05, 4.69) is 47.9 Å². The van der Waals surface area contributed by atoms with Crippen molar-refractivity contribution < 1.29 is 4.74 Å². The molecule has 0 atom stereocenters. The Kier molecular flexibility index (Phi) is 5.56. The van der Waals surface area contributed by atoms with Crippen LogP contribution in [0.3, 0.4) is 0 Å². The summed E-state index contributed by atoms with van der Waals surface area (Å²) in [6.45, 7) is 11.5. The molecule has 3 aliphatic rings. The van der Waals surface area contributed by atoms with Crippen LogP contribution in [0, 0.1) is 5.41 Å². The van der Waals surface area contributed by atoms with Gasteiger partial charge in [0, 0.05) is 51.1 Å². The lowest BCUT2D eigenvalue weighted by Gasteiger charge is -2.43. The first-order chi connectivity index (χ1) is 12.6. The Morgan fingerprint density at radius 2 is 1.54 bits per heavy atom. The molecule has 144 valence electrons. The van der Waals surface area contributed by atoms with Gasteiger partial charge in [0.25, 0.3) is 0 Å². The van der Waals surface area contributed by atoms with Crippen LogP contribution in [0.25, 0.3) is 0 Å². The van der Waals surface area contributed by atoms with Crippen molar-refractivity contribution in [2.45, 2.75) is 64.3 Å². The van der Waals surface area contributed by atoms with Crippen LogP contribution in [0.5, 0.6) is 0 Å². The van der Waals surface area contributed by atoms with E-state index in [0.717, 1.165) is 25.2 Å². The Hall–Kier alpha value is -1.06. The maximum atomic E-state index is 5.54. The zero-order chi connectivity index (χ0) is 18.0. The van der Waals surface area contributed by atoms with Gasteiger partial charge in [-0.05, 0) is 61.5 Å². The highest BCUT2D eigenvalue weighted by atomic mass is 16.5. The van der Waals surface area contributed by atoms with E-state index in [4.69, 9.17) is 4.74 Å². The summed E-state index contributed by atoms with van der Waals surface area (Å²) in [7, 11) is 0. The Bertz CT molecular complexity index is 576. The summed E-state index contributed by atoms with van der Waals surface area (Å²) in [4.78, 5) is 5.37. The molecule has 26 heavy (non-hydrogen) atoms. The molecule has 1 aromatic rings. The molecule has 0 amide bonds. The molecule has 3 heteroatoms. The summed E-state index contributed by atoms with van der Waals surface area (Å²) in [6, 6.07) is 10.0. The first kappa shape index (κ1) is 18.3. The first-order valence-electron chi connectivity index (χ1n) is 10.8. The Balaban J connectivity index is 1.41. The molecule has 4 rings (SSSR count). The second kappa shape index (κ2) is 7.90. The molecule has 3 fully saturated rings. The fourth-order valence-electron chi connectivity index (χ4n) is 5.21. The predicted molar refractivity (Wildman–Crippen MR) is 109 cm³/mol. The highest BCUT2D eigenvalue weighted by molar-refractivity contribution is 5.55. The van der Waals surface area contributed by atoms with Crippen molar-refractivity contribution in [3.05, 3.63) is 29.8 Å². The number of anilines is 1. The lowest BCUT2D eigenvalue weighted by atomic mass is 9.71. The van der Waals surface area contributed by atoms with Crippen molar-refractivity contribution in [1.82, 2.24) is 4.90 Å². The Labute approximate surface area is 159 Å². The van der Waals surface area contributed by atoms with Crippen LogP contribution < -0.4 is 4.90 Å². The maximum absolute atomic E-state index is 5.54. The van der Waals surface area contributed by atoms with Crippen LogP contribution in [-0.2, 0) is 4.74 Å². The zero-order valence-electron chi connectivity index (χ0n) is 16.8. The number of nitrogens with zero attached hydrogens (tertiary/aromatic N) is 2. The fraction of sp³-hybridized carbons (Fsp3) is 0.739.